The molecule has 1 aromatic rings. The van der Waals surface area contributed by atoms with Crippen molar-refractivity contribution in [3.8, 4) is 11.8 Å². The Hall–Kier alpha value is -2.00. The van der Waals surface area contributed by atoms with Crippen molar-refractivity contribution in [2.75, 3.05) is 13.2 Å². The third kappa shape index (κ3) is 6.82. The Bertz CT molecular complexity index is 556. The summed E-state index contributed by atoms with van der Waals surface area (Å²) in [4.78, 5) is 11.9. The molecular weight excluding hydrogens is 283 g/mol. The van der Waals surface area contributed by atoms with Gasteiger partial charge in [-0.05, 0) is 37.1 Å². The minimum Gasteiger partial charge on any atom is -0.384 e. The molecule has 0 atom stereocenters. The molecule has 0 bridgehead atoms. The zero-order valence-electron chi connectivity index (χ0n) is 11.5. The third-order valence-corrected chi connectivity index (χ3v) is 2.57. The Balaban J connectivity index is 2.63. The first-order valence-corrected chi connectivity index (χ1v) is 6.38. The molecule has 3 nitrogen and oxygen atoms in total. The van der Waals surface area contributed by atoms with Crippen LogP contribution in [0.3, 0.4) is 0 Å². The minimum atomic E-state index is -4.21. The van der Waals surface area contributed by atoms with E-state index in [9.17, 15) is 18.0 Å². The van der Waals surface area contributed by atoms with E-state index in [0.717, 1.165) is 5.56 Å². The molecule has 21 heavy (non-hydrogen) atoms. The van der Waals surface area contributed by atoms with Gasteiger partial charge in [0.25, 0.3) is 5.91 Å². The molecule has 2 N–H and O–H groups in total. The fraction of sp³-hybridized carbons (Fsp3) is 0.400. The molecule has 0 aliphatic rings. The van der Waals surface area contributed by atoms with Crippen molar-refractivity contribution in [3.05, 3.63) is 34.9 Å². The average Bonchev–Trinajstić information content (AvgIpc) is 2.39. The lowest BCUT2D eigenvalue weighted by Crippen LogP contribution is -2.25. The second kappa shape index (κ2) is 7.70. The number of nitrogens with one attached hydrogen (secondary N) is 1. The Labute approximate surface area is 121 Å². The molecule has 1 rings (SSSR count). The van der Waals surface area contributed by atoms with Crippen molar-refractivity contribution in [3.63, 3.8) is 0 Å². The zero-order chi connectivity index (χ0) is 15.9. The minimum absolute atomic E-state index is 0.0378. The standard InChI is InChI=1S/C15H16F3NO2/c1-11-8-12(4-2-7-20)10-13(9-11)14(21)19-6-3-5-15(16,17)18/h8-10,20H,3,5-7H2,1H3,(H,19,21). The van der Waals surface area contributed by atoms with Crippen LogP contribution in [0.15, 0.2) is 18.2 Å². The van der Waals surface area contributed by atoms with Gasteiger partial charge in [-0.2, -0.15) is 13.2 Å². The summed E-state index contributed by atoms with van der Waals surface area (Å²) < 4.78 is 35.9. The number of alkyl halides is 3. The van der Waals surface area contributed by atoms with Crippen LogP contribution in [0.1, 0.15) is 34.3 Å². The molecule has 0 fully saturated rings. The largest absolute Gasteiger partial charge is 0.389 e. The van der Waals surface area contributed by atoms with Gasteiger partial charge in [-0.15, -0.1) is 0 Å². The lowest BCUT2D eigenvalue weighted by atomic mass is 10.1. The Morgan fingerprint density at radius 3 is 2.67 bits per heavy atom. The van der Waals surface area contributed by atoms with Crippen molar-refractivity contribution < 1.29 is 23.1 Å². The van der Waals surface area contributed by atoms with Crippen LogP contribution < -0.4 is 5.32 Å². The Morgan fingerprint density at radius 2 is 2.05 bits per heavy atom. The van der Waals surface area contributed by atoms with Gasteiger partial charge in [0.2, 0.25) is 0 Å². The molecule has 1 aromatic carbocycles. The van der Waals surface area contributed by atoms with E-state index in [0.29, 0.717) is 11.1 Å². The summed E-state index contributed by atoms with van der Waals surface area (Å²) in [6, 6.07) is 4.92. The smallest absolute Gasteiger partial charge is 0.384 e. The van der Waals surface area contributed by atoms with Crippen molar-refractivity contribution in [2.45, 2.75) is 25.9 Å². The molecule has 0 saturated heterocycles. The predicted molar refractivity (Wildman–Crippen MR) is 72.8 cm³/mol. The lowest BCUT2D eigenvalue weighted by Gasteiger charge is -2.08. The molecule has 0 aliphatic heterocycles. The zero-order valence-corrected chi connectivity index (χ0v) is 11.5. The number of benzene rings is 1. The highest BCUT2D eigenvalue weighted by Gasteiger charge is 2.26. The number of rotatable bonds is 4. The van der Waals surface area contributed by atoms with E-state index in [4.69, 9.17) is 5.11 Å². The van der Waals surface area contributed by atoms with Crippen LogP contribution in [0, 0.1) is 18.8 Å². The number of amides is 1. The molecule has 0 aromatic heterocycles. The predicted octanol–water partition coefficient (Wildman–Crippen LogP) is 2.41. The van der Waals surface area contributed by atoms with E-state index in [2.05, 4.69) is 17.2 Å². The van der Waals surface area contributed by atoms with Crippen molar-refractivity contribution in [1.82, 2.24) is 5.32 Å². The van der Waals surface area contributed by atoms with E-state index in [1.165, 1.54) is 6.07 Å². The summed E-state index contributed by atoms with van der Waals surface area (Å²) in [7, 11) is 0. The summed E-state index contributed by atoms with van der Waals surface area (Å²) in [5, 5.41) is 11.1. The van der Waals surface area contributed by atoms with Gasteiger partial charge in [-0.25, -0.2) is 0 Å². The summed E-state index contributed by atoms with van der Waals surface area (Å²) in [5.41, 5.74) is 1.72. The maximum absolute atomic E-state index is 12.0. The highest BCUT2D eigenvalue weighted by molar-refractivity contribution is 5.94. The number of carbonyl (C=O) groups is 1. The van der Waals surface area contributed by atoms with Crippen LogP contribution in [0.25, 0.3) is 0 Å². The first-order chi connectivity index (χ1) is 9.81. The monoisotopic (exact) mass is 299 g/mol. The van der Waals surface area contributed by atoms with Crippen molar-refractivity contribution >= 4 is 5.91 Å². The van der Waals surface area contributed by atoms with Gasteiger partial charge in [-0.3, -0.25) is 4.79 Å². The summed E-state index contributed by atoms with van der Waals surface area (Å²) >= 11 is 0. The molecular formula is C15H16F3NO2. The van der Waals surface area contributed by atoms with Crippen molar-refractivity contribution in [1.29, 1.82) is 0 Å². The van der Waals surface area contributed by atoms with Gasteiger partial charge in [0.15, 0.2) is 0 Å². The highest BCUT2D eigenvalue weighted by Crippen LogP contribution is 2.20. The van der Waals surface area contributed by atoms with Gasteiger partial charge >= 0.3 is 6.18 Å². The number of aliphatic hydroxyl groups excluding tert-OH is 1. The van der Waals surface area contributed by atoms with Gasteiger partial charge < -0.3 is 10.4 Å². The number of hydrogen-bond donors (Lipinski definition) is 2. The van der Waals surface area contributed by atoms with Gasteiger partial charge in [0, 0.05) is 24.1 Å². The quantitative estimate of drug-likeness (QED) is 0.662. The molecule has 0 unspecified atom stereocenters. The lowest BCUT2D eigenvalue weighted by molar-refractivity contribution is -0.135. The summed E-state index contributed by atoms with van der Waals surface area (Å²) in [6.45, 7) is 1.46. The average molecular weight is 299 g/mol. The van der Waals surface area contributed by atoms with Gasteiger partial charge in [0.05, 0.1) is 0 Å². The Morgan fingerprint density at radius 1 is 1.33 bits per heavy atom. The van der Waals surface area contributed by atoms with Crippen LogP contribution in [0.5, 0.6) is 0 Å². The number of carbonyl (C=O) groups excluding carboxylic acids is 1. The normalized spacial score (nSPS) is 10.7. The molecule has 0 aliphatic carbocycles. The maximum atomic E-state index is 12.0. The van der Waals surface area contributed by atoms with E-state index < -0.39 is 18.5 Å². The first kappa shape index (κ1) is 17.1. The third-order valence-electron chi connectivity index (χ3n) is 2.57. The van der Waals surface area contributed by atoms with Gasteiger partial charge in [0.1, 0.15) is 6.61 Å². The van der Waals surface area contributed by atoms with Crippen LogP contribution in [-0.4, -0.2) is 30.3 Å². The second-order valence-corrected chi connectivity index (χ2v) is 4.52. The SMILES string of the molecule is Cc1cc(C#CCO)cc(C(=O)NCCCC(F)(F)F)c1. The molecule has 1 amide bonds. The van der Waals surface area contributed by atoms with Crippen LogP contribution in [0.4, 0.5) is 13.2 Å². The van der Waals surface area contributed by atoms with E-state index in [1.54, 1.807) is 19.1 Å². The Kier molecular flexibility index (Phi) is 6.25. The molecule has 6 heteroatoms. The maximum Gasteiger partial charge on any atom is 0.389 e. The topological polar surface area (TPSA) is 49.3 Å². The molecule has 0 radical (unpaired) electrons. The first-order valence-electron chi connectivity index (χ1n) is 6.38. The summed E-state index contributed by atoms with van der Waals surface area (Å²) in [6.07, 6.45) is -5.28. The summed E-state index contributed by atoms with van der Waals surface area (Å²) in [5.74, 6) is 4.73. The van der Waals surface area contributed by atoms with Crippen LogP contribution in [-0.2, 0) is 0 Å². The molecule has 0 heterocycles. The number of hydrogen-bond acceptors (Lipinski definition) is 2. The number of aryl methyl sites for hydroxylation is 1. The molecule has 114 valence electrons. The van der Waals surface area contributed by atoms with E-state index in [1.807, 2.05) is 0 Å². The number of aliphatic hydroxyl groups is 1. The second-order valence-electron chi connectivity index (χ2n) is 4.52. The van der Waals surface area contributed by atoms with E-state index in [-0.39, 0.29) is 19.6 Å². The fourth-order valence-electron chi connectivity index (χ4n) is 1.72. The van der Waals surface area contributed by atoms with Gasteiger partial charge in [-0.1, -0.05) is 11.8 Å². The van der Waals surface area contributed by atoms with Crippen LogP contribution in [0.2, 0.25) is 0 Å². The molecule has 0 saturated carbocycles. The fourth-order valence-corrected chi connectivity index (χ4v) is 1.72. The highest BCUT2D eigenvalue weighted by atomic mass is 19.4. The van der Waals surface area contributed by atoms with E-state index >= 15 is 0 Å². The van der Waals surface area contributed by atoms with Crippen LogP contribution >= 0.6 is 0 Å². The molecule has 0 spiro atoms. The van der Waals surface area contributed by atoms with Crippen molar-refractivity contribution in [2.24, 2.45) is 0 Å². The number of halogens is 3.